The molecule has 0 radical (unpaired) electrons. The summed E-state index contributed by atoms with van der Waals surface area (Å²) in [6.07, 6.45) is -4.82. The molecule has 0 atom stereocenters. The number of anilines is 1. The van der Waals surface area contributed by atoms with Crippen LogP contribution < -0.4 is 10.5 Å². The second-order valence-electron chi connectivity index (χ2n) is 2.38. The quantitative estimate of drug-likeness (QED) is 0.759. The molecule has 0 unspecified atom stereocenters. The highest BCUT2D eigenvalue weighted by atomic mass is 19.4. The number of alkyl halides is 4. The Morgan fingerprint density at radius 3 is 2.43 bits per heavy atom. The summed E-state index contributed by atoms with van der Waals surface area (Å²) in [6.45, 7) is -0.884. The van der Waals surface area contributed by atoms with Gasteiger partial charge >= 0.3 is 6.36 Å². The molecule has 1 heterocycles. The van der Waals surface area contributed by atoms with Gasteiger partial charge in [0.05, 0.1) is 0 Å². The second-order valence-corrected chi connectivity index (χ2v) is 2.38. The van der Waals surface area contributed by atoms with Crippen LogP contribution in [0.5, 0.6) is 5.88 Å². The number of halogens is 4. The van der Waals surface area contributed by atoms with Gasteiger partial charge in [0.25, 0.3) is 0 Å². The van der Waals surface area contributed by atoms with Crippen molar-refractivity contribution in [1.29, 1.82) is 0 Å². The summed E-state index contributed by atoms with van der Waals surface area (Å²) in [5.74, 6) is -1.01. The predicted octanol–water partition coefficient (Wildman–Crippen LogP) is 2.03. The fourth-order valence-electron chi connectivity index (χ4n) is 0.773. The van der Waals surface area contributed by atoms with Gasteiger partial charge in [-0.05, 0) is 6.07 Å². The van der Waals surface area contributed by atoms with E-state index in [0.717, 1.165) is 12.1 Å². The fraction of sp³-hybridized carbons (Fsp3) is 0.286. The number of hydrogen-bond donors (Lipinski definition) is 1. The molecule has 14 heavy (non-hydrogen) atoms. The molecule has 0 aromatic carbocycles. The van der Waals surface area contributed by atoms with Gasteiger partial charge in [-0.3, -0.25) is 0 Å². The minimum absolute atomic E-state index is 0.0273. The fourth-order valence-corrected chi connectivity index (χ4v) is 0.773. The van der Waals surface area contributed by atoms with Crippen molar-refractivity contribution >= 4 is 5.82 Å². The molecule has 0 fully saturated rings. The number of nitrogens with two attached hydrogens (primary N) is 1. The SMILES string of the molecule is Nc1nc(OC(F)(F)F)ccc1CF. The molecule has 0 saturated carbocycles. The van der Waals surface area contributed by atoms with Gasteiger partial charge in [-0.2, -0.15) is 4.98 Å². The van der Waals surface area contributed by atoms with Crippen LogP contribution in [0.1, 0.15) is 5.56 Å². The van der Waals surface area contributed by atoms with Gasteiger partial charge in [0.1, 0.15) is 12.5 Å². The Bertz CT molecular complexity index is 326. The van der Waals surface area contributed by atoms with Crippen LogP contribution in [-0.4, -0.2) is 11.3 Å². The molecule has 78 valence electrons. The highest BCUT2D eigenvalue weighted by Crippen LogP contribution is 2.23. The van der Waals surface area contributed by atoms with Gasteiger partial charge in [0, 0.05) is 11.6 Å². The van der Waals surface area contributed by atoms with Crippen molar-refractivity contribution in [2.45, 2.75) is 13.0 Å². The molecule has 0 aliphatic carbocycles. The van der Waals surface area contributed by atoms with Crippen molar-refractivity contribution in [3.05, 3.63) is 17.7 Å². The number of aromatic nitrogens is 1. The maximum atomic E-state index is 12.1. The lowest BCUT2D eigenvalue weighted by atomic mass is 10.3. The first kappa shape index (κ1) is 10.6. The average Bonchev–Trinajstić information content (AvgIpc) is 2.01. The Morgan fingerprint density at radius 1 is 1.36 bits per heavy atom. The standard InChI is InChI=1S/C7H6F4N2O/c8-3-4-1-2-5(13-6(4)12)14-7(9,10)11/h1-2H,3H2,(H2,12,13). The number of rotatable bonds is 2. The van der Waals surface area contributed by atoms with Crippen LogP contribution in [0.25, 0.3) is 0 Å². The number of hydrogen-bond acceptors (Lipinski definition) is 3. The Morgan fingerprint density at radius 2 is 2.00 bits per heavy atom. The van der Waals surface area contributed by atoms with E-state index < -0.39 is 18.9 Å². The highest BCUT2D eigenvalue weighted by molar-refractivity contribution is 5.41. The van der Waals surface area contributed by atoms with E-state index in [1.54, 1.807) is 0 Å². The molecule has 0 aliphatic rings. The van der Waals surface area contributed by atoms with Crippen molar-refractivity contribution in [3.63, 3.8) is 0 Å². The summed E-state index contributed by atoms with van der Waals surface area (Å²) in [5, 5.41) is 0. The summed E-state index contributed by atoms with van der Waals surface area (Å²) >= 11 is 0. The van der Waals surface area contributed by atoms with Crippen molar-refractivity contribution in [1.82, 2.24) is 4.98 Å². The Labute approximate surface area is 76.5 Å². The van der Waals surface area contributed by atoms with Crippen molar-refractivity contribution in [2.24, 2.45) is 0 Å². The Balaban J connectivity index is 2.87. The molecule has 7 heteroatoms. The van der Waals surface area contributed by atoms with Crippen molar-refractivity contribution in [2.75, 3.05) is 5.73 Å². The molecule has 0 aliphatic heterocycles. The van der Waals surface area contributed by atoms with E-state index in [-0.39, 0.29) is 11.4 Å². The number of ether oxygens (including phenoxy) is 1. The minimum atomic E-state index is -4.82. The van der Waals surface area contributed by atoms with E-state index in [4.69, 9.17) is 5.73 Å². The van der Waals surface area contributed by atoms with Gasteiger partial charge in [-0.15, -0.1) is 13.2 Å². The van der Waals surface area contributed by atoms with E-state index in [0.29, 0.717) is 0 Å². The molecular formula is C7H6F4N2O. The lowest BCUT2D eigenvalue weighted by Crippen LogP contribution is -2.18. The first-order valence-electron chi connectivity index (χ1n) is 3.49. The third-order valence-electron chi connectivity index (χ3n) is 1.35. The van der Waals surface area contributed by atoms with Crippen LogP contribution >= 0.6 is 0 Å². The third kappa shape index (κ3) is 2.75. The molecule has 1 rings (SSSR count). The van der Waals surface area contributed by atoms with Crippen LogP contribution in [0.4, 0.5) is 23.4 Å². The lowest BCUT2D eigenvalue weighted by Gasteiger charge is -2.08. The van der Waals surface area contributed by atoms with Gasteiger partial charge in [-0.1, -0.05) is 0 Å². The van der Waals surface area contributed by atoms with Gasteiger partial charge in [0.15, 0.2) is 0 Å². The largest absolute Gasteiger partial charge is 0.574 e. The first-order valence-corrected chi connectivity index (χ1v) is 3.49. The normalized spacial score (nSPS) is 11.4. The molecular weight excluding hydrogens is 204 g/mol. The van der Waals surface area contributed by atoms with Crippen LogP contribution in [0.15, 0.2) is 12.1 Å². The summed E-state index contributed by atoms with van der Waals surface area (Å²) in [7, 11) is 0. The predicted molar refractivity (Wildman–Crippen MR) is 40.1 cm³/mol. The second kappa shape index (κ2) is 3.69. The topological polar surface area (TPSA) is 48.1 Å². The summed E-state index contributed by atoms with van der Waals surface area (Å²) in [5.41, 5.74) is 5.18. The van der Waals surface area contributed by atoms with Crippen LogP contribution in [0, 0.1) is 0 Å². The maximum Gasteiger partial charge on any atom is 0.574 e. The van der Waals surface area contributed by atoms with Crippen LogP contribution in [0.3, 0.4) is 0 Å². The van der Waals surface area contributed by atoms with Crippen molar-refractivity contribution < 1.29 is 22.3 Å². The minimum Gasteiger partial charge on any atom is -0.388 e. The number of pyridine rings is 1. The molecule has 0 spiro atoms. The van der Waals surface area contributed by atoms with E-state index in [9.17, 15) is 17.6 Å². The Kier molecular flexibility index (Phi) is 2.78. The third-order valence-corrected chi connectivity index (χ3v) is 1.35. The lowest BCUT2D eigenvalue weighted by molar-refractivity contribution is -0.276. The number of nitrogens with zero attached hydrogens (tertiary/aromatic N) is 1. The molecule has 2 N–H and O–H groups in total. The van der Waals surface area contributed by atoms with E-state index in [1.807, 2.05) is 0 Å². The van der Waals surface area contributed by atoms with Gasteiger partial charge in [0.2, 0.25) is 5.88 Å². The van der Waals surface area contributed by atoms with E-state index >= 15 is 0 Å². The summed E-state index contributed by atoms with van der Waals surface area (Å²) in [4.78, 5) is 3.22. The summed E-state index contributed by atoms with van der Waals surface area (Å²) < 4.78 is 50.6. The van der Waals surface area contributed by atoms with E-state index in [1.165, 1.54) is 0 Å². The highest BCUT2D eigenvalue weighted by Gasteiger charge is 2.31. The van der Waals surface area contributed by atoms with Crippen LogP contribution in [0.2, 0.25) is 0 Å². The van der Waals surface area contributed by atoms with Crippen LogP contribution in [-0.2, 0) is 6.67 Å². The maximum absolute atomic E-state index is 12.1. The zero-order valence-electron chi connectivity index (χ0n) is 6.81. The van der Waals surface area contributed by atoms with Gasteiger partial charge in [-0.25, -0.2) is 4.39 Å². The van der Waals surface area contributed by atoms with Gasteiger partial charge < -0.3 is 10.5 Å². The first-order chi connectivity index (χ1) is 6.42. The zero-order chi connectivity index (χ0) is 10.8. The molecule has 0 saturated heterocycles. The monoisotopic (exact) mass is 210 g/mol. The summed E-state index contributed by atoms with van der Waals surface area (Å²) in [6, 6.07) is 1.99. The van der Waals surface area contributed by atoms with E-state index in [2.05, 4.69) is 9.72 Å². The molecule has 1 aromatic rings. The molecule has 1 aromatic heterocycles. The zero-order valence-corrected chi connectivity index (χ0v) is 6.81. The molecule has 3 nitrogen and oxygen atoms in total. The average molecular weight is 210 g/mol. The molecule has 0 bridgehead atoms. The Hall–Kier alpha value is -1.53. The smallest absolute Gasteiger partial charge is 0.388 e. The van der Waals surface area contributed by atoms with Crippen molar-refractivity contribution in [3.8, 4) is 5.88 Å². The number of nitrogen functional groups attached to an aromatic ring is 1. The molecule has 0 amide bonds.